The summed E-state index contributed by atoms with van der Waals surface area (Å²) in [5.74, 6) is 0. The number of benzene rings is 1. The second-order valence-corrected chi connectivity index (χ2v) is 6.44. The second kappa shape index (κ2) is 4.74. The number of nitrogens with one attached hydrogen (secondary N) is 1. The molecule has 1 aromatic carbocycles. The summed E-state index contributed by atoms with van der Waals surface area (Å²) in [6, 6.07) is 11.2. The first-order valence-electron chi connectivity index (χ1n) is 6.67. The molecule has 0 unspecified atom stereocenters. The molecule has 1 aliphatic rings. The van der Waals surface area contributed by atoms with Gasteiger partial charge in [-0.2, -0.15) is 5.26 Å². The summed E-state index contributed by atoms with van der Waals surface area (Å²) in [4.78, 5) is 0. The predicted octanol–water partition coefficient (Wildman–Crippen LogP) is 3.38. The van der Waals surface area contributed by atoms with Crippen LogP contribution in [0.4, 0.5) is 0 Å². The first kappa shape index (κ1) is 13.1. The van der Waals surface area contributed by atoms with Crippen LogP contribution in [0.3, 0.4) is 0 Å². The van der Waals surface area contributed by atoms with Crippen molar-refractivity contribution in [2.24, 2.45) is 5.41 Å². The fourth-order valence-electron chi connectivity index (χ4n) is 2.05. The third-order valence-corrected chi connectivity index (χ3v) is 3.70. The van der Waals surface area contributed by atoms with E-state index in [1.807, 2.05) is 0 Å². The summed E-state index contributed by atoms with van der Waals surface area (Å²) in [5, 5.41) is 12.4. The van der Waals surface area contributed by atoms with Crippen LogP contribution in [0.1, 0.15) is 44.7 Å². The van der Waals surface area contributed by atoms with Gasteiger partial charge in [-0.25, -0.2) is 0 Å². The highest BCUT2D eigenvalue weighted by Crippen LogP contribution is 2.44. The van der Waals surface area contributed by atoms with Crippen LogP contribution < -0.4 is 5.32 Å². The van der Waals surface area contributed by atoms with Crippen LogP contribution in [0.15, 0.2) is 24.3 Å². The van der Waals surface area contributed by atoms with Gasteiger partial charge < -0.3 is 5.32 Å². The van der Waals surface area contributed by atoms with Crippen LogP contribution in [0.5, 0.6) is 0 Å². The zero-order valence-electron chi connectivity index (χ0n) is 11.6. The number of nitriles is 1. The molecule has 0 atom stereocenters. The number of rotatable bonds is 4. The van der Waals surface area contributed by atoms with Crippen molar-refractivity contribution in [3.05, 3.63) is 35.4 Å². The average Bonchev–Trinajstić information content (AvgIpc) is 3.09. The second-order valence-electron chi connectivity index (χ2n) is 6.44. The van der Waals surface area contributed by atoms with Crippen LogP contribution in [-0.2, 0) is 12.0 Å². The lowest BCUT2D eigenvalue weighted by Gasteiger charge is -2.19. The Balaban J connectivity index is 1.86. The van der Waals surface area contributed by atoms with Crippen molar-refractivity contribution in [1.29, 1.82) is 5.26 Å². The Morgan fingerprint density at radius 3 is 2.28 bits per heavy atom. The SMILES string of the molecule is CC(C)(C)c1ccc(CNCC2(C#N)CC2)cc1. The minimum Gasteiger partial charge on any atom is -0.311 e. The maximum Gasteiger partial charge on any atom is 0.0703 e. The standard InChI is InChI=1S/C16H22N2/c1-15(2,3)14-6-4-13(5-7-14)10-18-12-16(11-17)8-9-16/h4-7,18H,8-10,12H2,1-3H3. The first-order chi connectivity index (χ1) is 8.45. The largest absolute Gasteiger partial charge is 0.311 e. The summed E-state index contributed by atoms with van der Waals surface area (Å²) in [6.45, 7) is 8.36. The van der Waals surface area contributed by atoms with Gasteiger partial charge in [0, 0.05) is 13.1 Å². The maximum absolute atomic E-state index is 8.99. The van der Waals surface area contributed by atoms with E-state index >= 15 is 0 Å². The minimum absolute atomic E-state index is 0.0502. The van der Waals surface area contributed by atoms with Gasteiger partial charge in [-0.15, -0.1) is 0 Å². The van der Waals surface area contributed by atoms with Gasteiger partial charge in [0.25, 0.3) is 0 Å². The average molecular weight is 242 g/mol. The normalized spacial score (nSPS) is 17.2. The molecule has 0 aromatic heterocycles. The molecule has 0 amide bonds. The van der Waals surface area contributed by atoms with Crippen LogP contribution >= 0.6 is 0 Å². The van der Waals surface area contributed by atoms with Crippen molar-refractivity contribution in [2.45, 2.75) is 45.6 Å². The molecule has 96 valence electrons. The fraction of sp³-hybridized carbons (Fsp3) is 0.562. The Morgan fingerprint density at radius 2 is 1.83 bits per heavy atom. The topological polar surface area (TPSA) is 35.8 Å². The van der Waals surface area contributed by atoms with E-state index in [1.165, 1.54) is 11.1 Å². The molecule has 1 aromatic rings. The quantitative estimate of drug-likeness (QED) is 0.878. The molecule has 1 fully saturated rings. The van der Waals surface area contributed by atoms with Crippen LogP contribution in [0, 0.1) is 16.7 Å². The third-order valence-electron chi connectivity index (χ3n) is 3.70. The maximum atomic E-state index is 8.99. The Morgan fingerprint density at radius 1 is 1.22 bits per heavy atom. The summed E-state index contributed by atoms with van der Waals surface area (Å²) < 4.78 is 0. The molecule has 0 spiro atoms. The molecule has 0 bridgehead atoms. The van der Waals surface area contributed by atoms with E-state index < -0.39 is 0 Å². The molecule has 1 N–H and O–H groups in total. The zero-order valence-corrected chi connectivity index (χ0v) is 11.6. The van der Waals surface area contributed by atoms with E-state index in [1.54, 1.807) is 0 Å². The van der Waals surface area contributed by atoms with E-state index in [2.05, 4.69) is 56.4 Å². The third kappa shape index (κ3) is 3.11. The Kier molecular flexibility index (Phi) is 3.45. The monoisotopic (exact) mass is 242 g/mol. The zero-order chi connectivity index (χ0) is 13.2. The molecular weight excluding hydrogens is 220 g/mol. The highest BCUT2D eigenvalue weighted by atomic mass is 14.9. The smallest absolute Gasteiger partial charge is 0.0703 e. The molecule has 2 nitrogen and oxygen atoms in total. The molecule has 2 rings (SSSR count). The lowest BCUT2D eigenvalue weighted by Crippen LogP contribution is -2.22. The van der Waals surface area contributed by atoms with E-state index in [9.17, 15) is 0 Å². The van der Waals surface area contributed by atoms with Crippen LogP contribution in [0.2, 0.25) is 0 Å². The van der Waals surface area contributed by atoms with Gasteiger partial charge >= 0.3 is 0 Å². The van der Waals surface area contributed by atoms with Crippen molar-refractivity contribution in [3.8, 4) is 6.07 Å². The van der Waals surface area contributed by atoms with E-state index in [0.717, 1.165) is 25.9 Å². The lowest BCUT2D eigenvalue weighted by molar-refractivity contribution is 0.557. The van der Waals surface area contributed by atoms with Gasteiger partial charge in [0.05, 0.1) is 11.5 Å². The number of hydrogen-bond donors (Lipinski definition) is 1. The highest BCUT2D eigenvalue weighted by Gasteiger charge is 2.42. The number of nitrogens with zero attached hydrogens (tertiary/aromatic N) is 1. The van der Waals surface area contributed by atoms with Gasteiger partial charge in [-0.3, -0.25) is 0 Å². The first-order valence-corrected chi connectivity index (χ1v) is 6.67. The fourth-order valence-corrected chi connectivity index (χ4v) is 2.05. The predicted molar refractivity (Wildman–Crippen MR) is 74.1 cm³/mol. The highest BCUT2D eigenvalue weighted by molar-refractivity contribution is 5.27. The summed E-state index contributed by atoms with van der Waals surface area (Å²) >= 11 is 0. The molecular formula is C16H22N2. The molecule has 1 saturated carbocycles. The van der Waals surface area contributed by atoms with Crippen LogP contribution in [-0.4, -0.2) is 6.54 Å². The van der Waals surface area contributed by atoms with Gasteiger partial charge in [-0.05, 0) is 29.4 Å². The Bertz CT molecular complexity index is 441. The molecule has 0 heterocycles. The van der Waals surface area contributed by atoms with Crippen molar-refractivity contribution in [2.75, 3.05) is 6.54 Å². The molecule has 1 aliphatic carbocycles. The molecule has 18 heavy (non-hydrogen) atoms. The minimum atomic E-state index is -0.0502. The van der Waals surface area contributed by atoms with Gasteiger partial charge in [0.15, 0.2) is 0 Å². The van der Waals surface area contributed by atoms with Crippen molar-refractivity contribution in [3.63, 3.8) is 0 Å². The summed E-state index contributed by atoms with van der Waals surface area (Å²) in [7, 11) is 0. The van der Waals surface area contributed by atoms with Crippen LogP contribution in [0.25, 0.3) is 0 Å². The van der Waals surface area contributed by atoms with Crippen molar-refractivity contribution in [1.82, 2.24) is 5.32 Å². The number of hydrogen-bond acceptors (Lipinski definition) is 2. The van der Waals surface area contributed by atoms with Crippen molar-refractivity contribution >= 4 is 0 Å². The summed E-state index contributed by atoms with van der Waals surface area (Å²) in [5.41, 5.74) is 2.81. The van der Waals surface area contributed by atoms with Gasteiger partial charge in [0.2, 0.25) is 0 Å². The van der Waals surface area contributed by atoms with Crippen molar-refractivity contribution < 1.29 is 0 Å². The molecule has 0 aliphatic heterocycles. The van der Waals surface area contributed by atoms with E-state index in [4.69, 9.17) is 5.26 Å². The molecule has 0 radical (unpaired) electrons. The van der Waals surface area contributed by atoms with Gasteiger partial charge in [0.1, 0.15) is 0 Å². The van der Waals surface area contributed by atoms with E-state index in [0.29, 0.717) is 0 Å². The molecule has 2 heteroatoms. The van der Waals surface area contributed by atoms with Gasteiger partial charge in [-0.1, -0.05) is 45.0 Å². The Labute approximate surface area is 110 Å². The molecule has 0 saturated heterocycles. The summed E-state index contributed by atoms with van der Waals surface area (Å²) in [6.07, 6.45) is 2.11. The lowest BCUT2D eigenvalue weighted by atomic mass is 9.87. The van der Waals surface area contributed by atoms with E-state index in [-0.39, 0.29) is 10.8 Å². The Hall–Kier alpha value is -1.33.